The molecule has 1 aliphatic carbocycles. The first kappa shape index (κ1) is 22.4. The highest BCUT2D eigenvalue weighted by atomic mass is 127. The first-order valence-electron chi connectivity index (χ1n) is 9.44. The van der Waals surface area contributed by atoms with Crippen LogP contribution in [0, 0.1) is 5.92 Å². The highest BCUT2D eigenvalue weighted by Crippen LogP contribution is 2.28. The van der Waals surface area contributed by atoms with E-state index in [0.29, 0.717) is 12.1 Å². The van der Waals surface area contributed by atoms with Gasteiger partial charge in [-0.05, 0) is 57.7 Å². The number of hydrogen-bond donors (Lipinski definition) is 2. The van der Waals surface area contributed by atoms with Gasteiger partial charge in [-0.25, -0.2) is 0 Å². The van der Waals surface area contributed by atoms with E-state index in [9.17, 15) is 0 Å². The molecular formula is C18H37IN4S. The van der Waals surface area contributed by atoms with E-state index in [1.165, 1.54) is 45.2 Å². The van der Waals surface area contributed by atoms with Crippen molar-refractivity contribution in [1.29, 1.82) is 0 Å². The van der Waals surface area contributed by atoms with E-state index in [1.54, 1.807) is 0 Å². The highest BCUT2D eigenvalue weighted by Gasteiger charge is 2.26. The first-order chi connectivity index (χ1) is 11.1. The van der Waals surface area contributed by atoms with Gasteiger partial charge in [-0.15, -0.1) is 24.0 Å². The second kappa shape index (κ2) is 11.8. The van der Waals surface area contributed by atoms with Gasteiger partial charge in [0.05, 0.1) is 6.54 Å². The maximum Gasteiger partial charge on any atom is 0.191 e. The maximum absolute atomic E-state index is 4.91. The van der Waals surface area contributed by atoms with Gasteiger partial charge in [0.15, 0.2) is 5.96 Å². The molecule has 0 aromatic rings. The van der Waals surface area contributed by atoms with Crippen LogP contribution in [0.15, 0.2) is 4.99 Å². The van der Waals surface area contributed by atoms with Crippen LogP contribution in [0.2, 0.25) is 0 Å². The SMILES string of the molecule is CCNC(=NC[C@H]1CCCN1CC(C)C)NC1CCC(SC)C1.I. The Morgan fingerprint density at radius 3 is 2.71 bits per heavy atom. The van der Waals surface area contributed by atoms with Crippen LogP contribution in [0.1, 0.15) is 52.9 Å². The third-order valence-corrected chi connectivity index (χ3v) is 6.06. The summed E-state index contributed by atoms with van der Waals surface area (Å²) in [7, 11) is 0. The lowest BCUT2D eigenvalue weighted by molar-refractivity contribution is 0.231. The summed E-state index contributed by atoms with van der Waals surface area (Å²) in [5.41, 5.74) is 0. The zero-order valence-corrected chi connectivity index (χ0v) is 19.0. The summed E-state index contributed by atoms with van der Waals surface area (Å²) in [6.45, 7) is 11.1. The summed E-state index contributed by atoms with van der Waals surface area (Å²) in [5.74, 6) is 1.77. The number of likely N-dealkylation sites (tertiary alicyclic amines) is 1. The van der Waals surface area contributed by atoms with Gasteiger partial charge >= 0.3 is 0 Å². The molecule has 2 aliphatic rings. The third-order valence-electron chi connectivity index (χ3n) is 4.96. The quantitative estimate of drug-likeness (QED) is 0.341. The van der Waals surface area contributed by atoms with E-state index in [2.05, 4.69) is 42.6 Å². The number of halogens is 1. The van der Waals surface area contributed by atoms with Crippen LogP contribution in [0.4, 0.5) is 0 Å². The Bertz CT molecular complexity index is 378. The van der Waals surface area contributed by atoms with E-state index in [0.717, 1.165) is 30.2 Å². The van der Waals surface area contributed by atoms with Crippen LogP contribution in [-0.4, -0.2) is 60.6 Å². The normalized spacial score (nSPS) is 28.2. The van der Waals surface area contributed by atoms with Crippen molar-refractivity contribution in [3.05, 3.63) is 0 Å². The van der Waals surface area contributed by atoms with E-state index < -0.39 is 0 Å². The van der Waals surface area contributed by atoms with Crippen molar-refractivity contribution in [2.75, 3.05) is 32.4 Å². The number of nitrogens with one attached hydrogen (secondary N) is 2. The summed E-state index contributed by atoms with van der Waals surface area (Å²) >= 11 is 2.01. The lowest BCUT2D eigenvalue weighted by Gasteiger charge is -2.25. The van der Waals surface area contributed by atoms with E-state index in [-0.39, 0.29) is 24.0 Å². The Morgan fingerprint density at radius 1 is 1.29 bits per heavy atom. The fraction of sp³-hybridized carbons (Fsp3) is 0.944. The fourth-order valence-electron chi connectivity index (χ4n) is 3.81. The van der Waals surface area contributed by atoms with E-state index in [4.69, 9.17) is 4.99 Å². The Kier molecular flexibility index (Phi) is 11.0. The third kappa shape index (κ3) is 7.28. The van der Waals surface area contributed by atoms with Crippen molar-refractivity contribution in [2.45, 2.75) is 70.2 Å². The number of hydrogen-bond acceptors (Lipinski definition) is 3. The van der Waals surface area contributed by atoms with Crippen molar-refractivity contribution in [3.63, 3.8) is 0 Å². The van der Waals surface area contributed by atoms with Crippen LogP contribution in [-0.2, 0) is 0 Å². The molecular weight excluding hydrogens is 431 g/mol. The van der Waals surface area contributed by atoms with Gasteiger partial charge in [0.25, 0.3) is 0 Å². The molecule has 6 heteroatoms. The molecule has 1 saturated heterocycles. The molecule has 2 N–H and O–H groups in total. The number of thioether (sulfide) groups is 1. The van der Waals surface area contributed by atoms with Crippen LogP contribution in [0.5, 0.6) is 0 Å². The average molecular weight is 468 g/mol. The first-order valence-corrected chi connectivity index (χ1v) is 10.7. The lowest BCUT2D eigenvalue weighted by Crippen LogP contribution is -2.43. The summed E-state index contributed by atoms with van der Waals surface area (Å²) < 4.78 is 0. The second-order valence-electron chi connectivity index (χ2n) is 7.42. The molecule has 1 saturated carbocycles. The minimum absolute atomic E-state index is 0. The molecule has 4 nitrogen and oxygen atoms in total. The number of guanidine groups is 1. The standard InChI is InChI=1S/C18H36N4S.HI/c1-5-19-18(21-15-8-9-17(11-15)23-4)20-12-16-7-6-10-22(16)13-14(2)3;/h14-17H,5-13H2,1-4H3,(H2,19,20,21);1H/t15?,16-,17?;/m1./s1. The molecule has 0 spiro atoms. The Hall–Kier alpha value is 0.310. The molecule has 3 atom stereocenters. The van der Waals surface area contributed by atoms with Gasteiger partial charge < -0.3 is 10.6 Å². The number of nitrogens with zero attached hydrogens (tertiary/aromatic N) is 2. The Balaban J connectivity index is 0.00000288. The highest BCUT2D eigenvalue weighted by molar-refractivity contribution is 14.0. The maximum atomic E-state index is 4.91. The number of aliphatic imine (C=N–C) groups is 1. The summed E-state index contributed by atoms with van der Waals surface area (Å²) in [6.07, 6.45) is 8.74. The summed E-state index contributed by atoms with van der Waals surface area (Å²) in [5, 5.41) is 7.93. The lowest BCUT2D eigenvalue weighted by atomic mass is 10.2. The average Bonchev–Trinajstić information content (AvgIpc) is 3.13. The predicted molar refractivity (Wildman–Crippen MR) is 119 cm³/mol. The van der Waals surface area contributed by atoms with Gasteiger partial charge in [-0.3, -0.25) is 9.89 Å². The van der Waals surface area contributed by atoms with Crippen LogP contribution in [0.3, 0.4) is 0 Å². The second-order valence-corrected chi connectivity index (χ2v) is 8.55. The smallest absolute Gasteiger partial charge is 0.191 e. The van der Waals surface area contributed by atoms with Crippen molar-refractivity contribution in [2.24, 2.45) is 10.9 Å². The van der Waals surface area contributed by atoms with Crippen LogP contribution < -0.4 is 10.6 Å². The van der Waals surface area contributed by atoms with Gasteiger partial charge in [-0.2, -0.15) is 11.8 Å². The molecule has 0 aromatic heterocycles. The topological polar surface area (TPSA) is 39.7 Å². The summed E-state index contributed by atoms with van der Waals surface area (Å²) in [4.78, 5) is 7.55. The van der Waals surface area contributed by atoms with Crippen LogP contribution in [0.25, 0.3) is 0 Å². The molecule has 24 heavy (non-hydrogen) atoms. The molecule has 2 rings (SSSR count). The summed E-state index contributed by atoms with van der Waals surface area (Å²) in [6, 6.07) is 1.23. The fourth-order valence-corrected chi connectivity index (χ4v) is 4.60. The van der Waals surface area contributed by atoms with Gasteiger partial charge in [0.1, 0.15) is 0 Å². The van der Waals surface area contributed by atoms with Gasteiger partial charge in [-0.1, -0.05) is 13.8 Å². The van der Waals surface area contributed by atoms with Gasteiger partial charge in [0, 0.05) is 30.4 Å². The van der Waals surface area contributed by atoms with Crippen LogP contribution >= 0.6 is 35.7 Å². The number of rotatable bonds is 7. The van der Waals surface area contributed by atoms with Crippen molar-refractivity contribution in [1.82, 2.24) is 15.5 Å². The Morgan fingerprint density at radius 2 is 2.08 bits per heavy atom. The minimum atomic E-state index is 0. The molecule has 0 bridgehead atoms. The largest absolute Gasteiger partial charge is 0.357 e. The molecule has 0 aromatic carbocycles. The van der Waals surface area contributed by atoms with E-state index >= 15 is 0 Å². The van der Waals surface area contributed by atoms with Crippen molar-refractivity contribution >= 4 is 41.7 Å². The van der Waals surface area contributed by atoms with Crippen molar-refractivity contribution in [3.8, 4) is 0 Å². The minimum Gasteiger partial charge on any atom is -0.357 e. The molecule has 0 radical (unpaired) electrons. The monoisotopic (exact) mass is 468 g/mol. The zero-order chi connectivity index (χ0) is 16.7. The molecule has 142 valence electrons. The Labute approximate surface area is 170 Å². The molecule has 2 fully saturated rings. The predicted octanol–water partition coefficient (Wildman–Crippen LogP) is 3.56. The zero-order valence-electron chi connectivity index (χ0n) is 15.9. The molecule has 1 heterocycles. The molecule has 1 aliphatic heterocycles. The van der Waals surface area contributed by atoms with E-state index in [1.807, 2.05) is 11.8 Å². The van der Waals surface area contributed by atoms with Gasteiger partial charge in [0.2, 0.25) is 0 Å². The molecule has 2 unspecified atom stereocenters. The molecule has 0 amide bonds. The van der Waals surface area contributed by atoms with Crippen molar-refractivity contribution < 1.29 is 0 Å².